The Balaban J connectivity index is 2.36. The summed E-state index contributed by atoms with van der Waals surface area (Å²) in [6.45, 7) is 3.70. The van der Waals surface area contributed by atoms with E-state index in [1.165, 1.54) is 34.8 Å². The second-order valence-electron chi connectivity index (χ2n) is 4.44. The Labute approximate surface area is 134 Å². The van der Waals surface area contributed by atoms with Crippen molar-refractivity contribution in [3.8, 4) is 0 Å². The Kier molecular flexibility index (Phi) is 5.12. The van der Waals surface area contributed by atoms with Gasteiger partial charge >= 0.3 is 0 Å². The van der Waals surface area contributed by atoms with Gasteiger partial charge in [0.2, 0.25) is 10.0 Å². The van der Waals surface area contributed by atoms with Crippen molar-refractivity contribution in [2.75, 3.05) is 12.3 Å². The number of hydrogen-bond acceptors (Lipinski definition) is 5. The molecule has 0 spiro atoms. The Morgan fingerprint density at radius 1 is 1.36 bits per heavy atom. The molecular formula is C14H15ClN4O2S. The van der Waals surface area contributed by atoms with Crippen LogP contribution in [0.25, 0.3) is 0 Å². The summed E-state index contributed by atoms with van der Waals surface area (Å²) in [4.78, 5) is 8.15. The number of aromatic nitrogens is 2. The molecule has 0 atom stereocenters. The van der Waals surface area contributed by atoms with E-state index in [9.17, 15) is 8.42 Å². The molecule has 6 nitrogen and oxygen atoms in total. The lowest BCUT2D eigenvalue weighted by molar-refractivity contribution is 0.428. The van der Waals surface area contributed by atoms with Gasteiger partial charge in [0.1, 0.15) is 11.6 Å². The fourth-order valence-corrected chi connectivity index (χ4v) is 3.48. The summed E-state index contributed by atoms with van der Waals surface area (Å²) in [6.07, 6.45) is 2.98. The highest BCUT2D eigenvalue weighted by molar-refractivity contribution is 7.89. The topological polar surface area (TPSA) is 89.2 Å². The van der Waals surface area contributed by atoms with Crippen LogP contribution in [-0.4, -0.2) is 29.2 Å². The van der Waals surface area contributed by atoms with Gasteiger partial charge in [-0.05, 0) is 24.3 Å². The zero-order valence-corrected chi connectivity index (χ0v) is 13.3. The second-order valence-corrected chi connectivity index (χ2v) is 6.82. The molecule has 0 radical (unpaired) electrons. The lowest BCUT2D eigenvalue weighted by atomic mass is 10.4. The van der Waals surface area contributed by atoms with Gasteiger partial charge < -0.3 is 5.73 Å². The smallest absolute Gasteiger partial charge is 0.243 e. The fourth-order valence-electron chi connectivity index (χ4n) is 1.82. The standard InChI is InChI=1S/C14H15ClN4O2S/c1-2-8-19(10-14-17-7-6-13(16)18-14)22(20,21)12-5-3-4-11(15)9-12/h2-7,9H,1,8,10H2,(H2,16,17,18). The van der Waals surface area contributed by atoms with Crippen LogP contribution in [0.3, 0.4) is 0 Å². The molecule has 0 amide bonds. The molecule has 0 unspecified atom stereocenters. The summed E-state index contributed by atoms with van der Waals surface area (Å²) < 4.78 is 26.6. The van der Waals surface area contributed by atoms with Gasteiger partial charge in [-0.1, -0.05) is 23.7 Å². The Hall–Kier alpha value is -1.96. The molecular weight excluding hydrogens is 324 g/mol. The monoisotopic (exact) mass is 338 g/mol. The molecule has 2 N–H and O–H groups in total. The normalized spacial score (nSPS) is 11.5. The summed E-state index contributed by atoms with van der Waals surface area (Å²) in [5.74, 6) is 0.594. The molecule has 1 aromatic heterocycles. The second kappa shape index (κ2) is 6.87. The molecule has 2 rings (SSSR count). The van der Waals surface area contributed by atoms with E-state index < -0.39 is 10.0 Å². The van der Waals surface area contributed by atoms with Crippen LogP contribution in [0, 0.1) is 0 Å². The van der Waals surface area contributed by atoms with Crippen molar-refractivity contribution in [1.82, 2.24) is 14.3 Å². The number of anilines is 1. The molecule has 0 fully saturated rings. The van der Waals surface area contributed by atoms with E-state index in [4.69, 9.17) is 17.3 Å². The Bertz CT molecular complexity index is 780. The molecule has 0 saturated heterocycles. The van der Waals surface area contributed by atoms with Crippen molar-refractivity contribution >= 4 is 27.4 Å². The molecule has 1 aromatic carbocycles. The summed E-state index contributed by atoms with van der Waals surface area (Å²) in [6, 6.07) is 7.61. The van der Waals surface area contributed by atoms with E-state index in [1.54, 1.807) is 12.1 Å². The van der Waals surface area contributed by atoms with E-state index in [-0.39, 0.29) is 23.8 Å². The fraction of sp³-hybridized carbons (Fsp3) is 0.143. The summed E-state index contributed by atoms with van der Waals surface area (Å²) in [5, 5.41) is 0.347. The van der Waals surface area contributed by atoms with Crippen LogP contribution in [0.4, 0.5) is 5.82 Å². The van der Waals surface area contributed by atoms with E-state index >= 15 is 0 Å². The van der Waals surface area contributed by atoms with Crippen molar-refractivity contribution < 1.29 is 8.42 Å². The first-order valence-electron chi connectivity index (χ1n) is 6.37. The van der Waals surface area contributed by atoms with Crippen LogP contribution >= 0.6 is 11.6 Å². The minimum Gasteiger partial charge on any atom is -0.384 e. The maximum atomic E-state index is 12.7. The molecule has 1 heterocycles. The van der Waals surface area contributed by atoms with E-state index in [1.807, 2.05) is 0 Å². The maximum absolute atomic E-state index is 12.7. The Morgan fingerprint density at radius 3 is 2.77 bits per heavy atom. The van der Waals surface area contributed by atoms with Crippen molar-refractivity contribution in [1.29, 1.82) is 0 Å². The van der Waals surface area contributed by atoms with Crippen molar-refractivity contribution in [2.45, 2.75) is 11.4 Å². The first-order chi connectivity index (χ1) is 10.4. The van der Waals surface area contributed by atoms with Crippen LogP contribution in [0.2, 0.25) is 5.02 Å². The molecule has 22 heavy (non-hydrogen) atoms. The third kappa shape index (κ3) is 3.82. The van der Waals surface area contributed by atoms with E-state index in [0.29, 0.717) is 10.8 Å². The van der Waals surface area contributed by atoms with Gasteiger partial charge in [-0.25, -0.2) is 18.4 Å². The number of nitrogen functional groups attached to an aromatic ring is 1. The predicted molar refractivity (Wildman–Crippen MR) is 85.7 cm³/mol. The first-order valence-corrected chi connectivity index (χ1v) is 8.19. The average Bonchev–Trinajstić information content (AvgIpc) is 2.47. The third-order valence-corrected chi connectivity index (χ3v) is 4.85. The number of benzene rings is 1. The number of nitrogens with zero attached hydrogens (tertiary/aromatic N) is 3. The highest BCUT2D eigenvalue weighted by atomic mass is 35.5. The SMILES string of the molecule is C=CCN(Cc1nccc(N)n1)S(=O)(=O)c1cccc(Cl)c1. The minimum absolute atomic E-state index is 0.00803. The van der Waals surface area contributed by atoms with Gasteiger partial charge in [-0.3, -0.25) is 0 Å². The number of rotatable bonds is 6. The van der Waals surface area contributed by atoms with Crippen LogP contribution in [0.5, 0.6) is 0 Å². The molecule has 0 aliphatic rings. The molecule has 116 valence electrons. The van der Waals surface area contributed by atoms with Crippen molar-refractivity contribution in [3.05, 3.63) is 60.0 Å². The highest BCUT2D eigenvalue weighted by Gasteiger charge is 2.24. The summed E-state index contributed by atoms with van der Waals surface area (Å²) in [5.41, 5.74) is 5.59. The lowest BCUT2D eigenvalue weighted by Gasteiger charge is -2.20. The lowest BCUT2D eigenvalue weighted by Crippen LogP contribution is -2.31. The molecule has 2 aromatic rings. The van der Waals surface area contributed by atoms with Gasteiger partial charge in [-0.2, -0.15) is 4.31 Å². The molecule has 0 bridgehead atoms. The minimum atomic E-state index is -3.74. The zero-order valence-electron chi connectivity index (χ0n) is 11.7. The quantitative estimate of drug-likeness (QED) is 0.814. The highest BCUT2D eigenvalue weighted by Crippen LogP contribution is 2.20. The van der Waals surface area contributed by atoms with Crippen molar-refractivity contribution in [2.24, 2.45) is 0 Å². The molecule has 0 aliphatic carbocycles. The number of nitrogens with two attached hydrogens (primary N) is 1. The summed E-state index contributed by atoms with van der Waals surface area (Å²) >= 11 is 5.87. The van der Waals surface area contributed by atoms with Gasteiger partial charge in [0.05, 0.1) is 11.4 Å². The maximum Gasteiger partial charge on any atom is 0.243 e. The van der Waals surface area contributed by atoms with Gasteiger partial charge in [-0.15, -0.1) is 6.58 Å². The number of hydrogen-bond donors (Lipinski definition) is 1. The number of halogens is 1. The van der Waals surface area contributed by atoms with Gasteiger partial charge in [0.15, 0.2) is 0 Å². The van der Waals surface area contributed by atoms with Crippen molar-refractivity contribution in [3.63, 3.8) is 0 Å². The van der Waals surface area contributed by atoms with Gasteiger partial charge in [0.25, 0.3) is 0 Å². The van der Waals surface area contributed by atoms with Crippen LogP contribution in [0.15, 0.2) is 54.1 Å². The zero-order chi connectivity index (χ0) is 16.2. The van der Waals surface area contributed by atoms with E-state index in [2.05, 4.69) is 16.5 Å². The molecule has 0 aliphatic heterocycles. The van der Waals surface area contributed by atoms with Crippen LogP contribution < -0.4 is 5.73 Å². The molecule has 8 heteroatoms. The van der Waals surface area contributed by atoms with Crippen LogP contribution in [0.1, 0.15) is 5.82 Å². The van der Waals surface area contributed by atoms with E-state index in [0.717, 1.165) is 0 Å². The largest absolute Gasteiger partial charge is 0.384 e. The first kappa shape index (κ1) is 16.4. The predicted octanol–water partition coefficient (Wildman–Crippen LogP) is 2.09. The summed E-state index contributed by atoms with van der Waals surface area (Å²) in [7, 11) is -3.74. The Morgan fingerprint density at radius 2 is 2.14 bits per heavy atom. The third-order valence-electron chi connectivity index (χ3n) is 2.81. The average molecular weight is 339 g/mol. The number of sulfonamides is 1. The molecule has 0 saturated carbocycles. The van der Waals surface area contributed by atoms with Crippen LogP contribution in [-0.2, 0) is 16.6 Å². The van der Waals surface area contributed by atoms with Gasteiger partial charge in [0, 0.05) is 17.8 Å².